The number of nitrogens with zero attached hydrogens (tertiary/aromatic N) is 6. The summed E-state index contributed by atoms with van der Waals surface area (Å²) in [6.45, 7) is 0.00940. The predicted molar refractivity (Wildman–Crippen MR) is 98.9 cm³/mol. The highest BCUT2D eigenvalue weighted by Gasteiger charge is 2.23. The zero-order chi connectivity index (χ0) is 20.8. The molecule has 0 atom stereocenters. The molecular weight excluding hydrogens is 384 g/mol. The lowest BCUT2D eigenvalue weighted by atomic mass is 10.2. The second-order valence-corrected chi connectivity index (χ2v) is 5.48. The van der Waals surface area contributed by atoms with Gasteiger partial charge in [0, 0.05) is 12.7 Å². The summed E-state index contributed by atoms with van der Waals surface area (Å²) in [4.78, 5) is 12.5. The van der Waals surface area contributed by atoms with Crippen LogP contribution in [0, 0.1) is 0 Å². The number of carbonyl (C=O) groups is 1. The Morgan fingerprint density at radius 3 is 2.79 bits per heavy atom. The van der Waals surface area contributed by atoms with E-state index in [0.29, 0.717) is 22.8 Å². The van der Waals surface area contributed by atoms with E-state index in [4.69, 9.17) is 19.9 Å². The number of aromatic nitrogens is 5. The predicted octanol–water partition coefficient (Wildman–Crippen LogP) is 0.160. The van der Waals surface area contributed by atoms with E-state index in [1.165, 1.54) is 32.2 Å². The van der Waals surface area contributed by atoms with Gasteiger partial charge in [-0.3, -0.25) is 4.79 Å². The Hall–Kier alpha value is -4.00. The summed E-state index contributed by atoms with van der Waals surface area (Å²) >= 11 is 0. The Balaban J connectivity index is 1.82. The number of nitrogens with two attached hydrogens (primary N) is 1. The Bertz CT molecular complexity index is 1030. The maximum absolute atomic E-state index is 12.5. The fourth-order valence-electron chi connectivity index (χ4n) is 2.48. The van der Waals surface area contributed by atoms with Crippen LogP contribution in [0.3, 0.4) is 0 Å². The molecule has 0 saturated carbocycles. The normalized spacial score (nSPS) is 11.0. The largest absolute Gasteiger partial charge is 0.493 e. The van der Waals surface area contributed by atoms with Crippen molar-refractivity contribution >= 4 is 17.9 Å². The van der Waals surface area contributed by atoms with Gasteiger partial charge in [-0.25, -0.2) is 10.1 Å². The molecule has 0 aliphatic rings. The van der Waals surface area contributed by atoms with Crippen molar-refractivity contribution < 1.29 is 23.6 Å². The van der Waals surface area contributed by atoms with Crippen LogP contribution in [0.5, 0.6) is 11.5 Å². The molecular formula is C16H18N8O5. The van der Waals surface area contributed by atoms with E-state index in [-0.39, 0.29) is 23.9 Å². The molecule has 0 spiro atoms. The van der Waals surface area contributed by atoms with Gasteiger partial charge in [0.2, 0.25) is 11.6 Å². The quantitative estimate of drug-likeness (QED) is 0.391. The smallest absolute Gasteiger partial charge is 0.293 e. The topological polar surface area (TPSA) is 165 Å². The molecule has 152 valence electrons. The fraction of sp³-hybridized carbons (Fsp3) is 0.250. The molecule has 2 heterocycles. The Morgan fingerprint density at radius 2 is 2.14 bits per heavy atom. The van der Waals surface area contributed by atoms with E-state index in [0.717, 1.165) is 0 Å². The minimum atomic E-state index is -0.614. The molecule has 1 amide bonds. The van der Waals surface area contributed by atoms with Crippen molar-refractivity contribution in [1.29, 1.82) is 0 Å². The molecule has 0 saturated heterocycles. The molecule has 3 aromatic rings. The third kappa shape index (κ3) is 3.98. The van der Waals surface area contributed by atoms with Crippen molar-refractivity contribution in [2.24, 2.45) is 5.10 Å². The van der Waals surface area contributed by atoms with Crippen LogP contribution in [0.15, 0.2) is 27.9 Å². The van der Waals surface area contributed by atoms with Crippen LogP contribution >= 0.6 is 0 Å². The molecule has 0 radical (unpaired) electrons. The van der Waals surface area contributed by atoms with Crippen LogP contribution in [-0.4, -0.2) is 58.8 Å². The Morgan fingerprint density at radius 1 is 1.31 bits per heavy atom. The second kappa shape index (κ2) is 8.79. The molecule has 0 bridgehead atoms. The highest BCUT2D eigenvalue weighted by atomic mass is 16.6. The van der Waals surface area contributed by atoms with Gasteiger partial charge in [-0.1, -0.05) is 11.3 Å². The van der Waals surface area contributed by atoms with Crippen molar-refractivity contribution in [3.63, 3.8) is 0 Å². The van der Waals surface area contributed by atoms with Gasteiger partial charge in [0.15, 0.2) is 17.2 Å². The number of para-hydroxylation sites is 1. The number of hydrogen-bond acceptors (Lipinski definition) is 11. The summed E-state index contributed by atoms with van der Waals surface area (Å²) in [6.07, 6.45) is 1.42. The van der Waals surface area contributed by atoms with Gasteiger partial charge in [-0.15, -0.1) is 5.10 Å². The SMILES string of the molecule is COCc1c(C(=O)N/N=C\c2cccc(OC)c2OC)nnn1-c1nonc1N. The van der Waals surface area contributed by atoms with Crippen molar-refractivity contribution in [3.8, 4) is 17.3 Å². The van der Waals surface area contributed by atoms with Gasteiger partial charge in [-0.2, -0.15) is 9.78 Å². The first-order valence-corrected chi connectivity index (χ1v) is 8.17. The number of rotatable bonds is 8. The fourth-order valence-corrected chi connectivity index (χ4v) is 2.48. The van der Waals surface area contributed by atoms with Crippen LogP contribution in [0.1, 0.15) is 21.7 Å². The van der Waals surface area contributed by atoms with E-state index >= 15 is 0 Å². The molecule has 13 nitrogen and oxygen atoms in total. The van der Waals surface area contributed by atoms with E-state index in [1.54, 1.807) is 18.2 Å². The summed E-state index contributed by atoms with van der Waals surface area (Å²) in [5.74, 6) is 0.479. The molecule has 3 rings (SSSR count). The van der Waals surface area contributed by atoms with Crippen molar-refractivity contribution in [2.75, 3.05) is 27.1 Å². The molecule has 29 heavy (non-hydrogen) atoms. The van der Waals surface area contributed by atoms with Crippen LogP contribution < -0.4 is 20.6 Å². The Kier molecular flexibility index (Phi) is 5.99. The van der Waals surface area contributed by atoms with Crippen LogP contribution in [-0.2, 0) is 11.3 Å². The second-order valence-electron chi connectivity index (χ2n) is 5.48. The third-order valence-corrected chi connectivity index (χ3v) is 3.76. The zero-order valence-electron chi connectivity index (χ0n) is 15.8. The van der Waals surface area contributed by atoms with Crippen LogP contribution in [0.25, 0.3) is 5.82 Å². The number of ether oxygens (including phenoxy) is 3. The summed E-state index contributed by atoms with van der Waals surface area (Å²) < 4.78 is 21.4. The average molecular weight is 402 g/mol. The standard InChI is InChI=1S/C16H18N8O5/c1-26-8-10-12(19-23-24(10)15-14(17)21-29-22-15)16(25)20-18-7-9-5-4-6-11(27-2)13(9)28-3/h4-7H,8H2,1-3H3,(H2,17,21)(H,20,25)/b18-7-. The maximum Gasteiger partial charge on any atom is 0.293 e. The van der Waals surface area contributed by atoms with E-state index in [1.807, 2.05) is 0 Å². The number of nitrogens with one attached hydrogen (secondary N) is 1. The molecule has 2 aromatic heterocycles. The molecule has 3 N–H and O–H groups in total. The minimum absolute atomic E-state index is 0.00940. The number of benzene rings is 1. The number of carbonyl (C=O) groups excluding carboxylic acids is 1. The number of anilines is 1. The van der Waals surface area contributed by atoms with Gasteiger partial charge in [-0.05, 0) is 22.4 Å². The minimum Gasteiger partial charge on any atom is -0.493 e. The van der Waals surface area contributed by atoms with Gasteiger partial charge >= 0.3 is 0 Å². The summed E-state index contributed by atoms with van der Waals surface area (Å²) in [6, 6.07) is 5.27. The molecule has 0 fully saturated rings. The number of hydrogen-bond donors (Lipinski definition) is 2. The van der Waals surface area contributed by atoms with E-state index in [9.17, 15) is 4.79 Å². The summed E-state index contributed by atoms with van der Waals surface area (Å²) in [5, 5.41) is 18.8. The van der Waals surface area contributed by atoms with E-state index in [2.05, 4.69) is 35.8 Å². The first-order valence-electron chi connectivity index (χ1n) is 8.17. The van der Waals surface area contributed by atoms with Gasteiger partial charge in [0.05, 0.1) is 27.0 Å². The summed E-state index contributed by atoms with van der Waals surface area (Å²) in [7, 11) is 4.49. The highest BCUT2D eigenvalue weighted by molar-refractivity contribution is 5.94. The molecule has 0 unspecified atom stereocenters. The maximum atomic E-state index is 12.5. The monoisotopic (exact) mass is 402 g/mol. The van der Waals surface area contributed by atoms with Gasteiger partial charge in [0.1, 0.15) is 5.69 Å². The molecule has 0 aliphatic heterocycles. The van der Waals surface area contributed by atoms with Crippen LogP contribution in [0.4, 0.5) is 5.82 Å². The zero-order valence-corrected chi connectivity index (χ0v) is 15.8. The van der Waals surface area contributed by atoms with Crippen molar-refractivity contribution in [2.45, 2.75) is 6.61 Å². The lowest BCUT2D eigenvalue weighted by Gasteiger charge is -2.09. The third-order valence-electron chi connectivity index (χ3n) is 3.76. The molecule has 1 aromatic carbocycles. The number of hydrazone groups is 1. The molecule has 0 aliphatic carbocycles. The molecule has 13 heteroatoms. The number of nitrogen functional groups attached to an aromatic ring is 1. The number of methoxy groups -OCH3 is 3. The number of amides is 1. The first-order chi connectivity index (χ1) is 14.1. The van der Waals surface area contributed by atoms with Crippen LogP contribution in [0.2, 0.25) is 0 Å². The highest BCUT2D eigenvalue weighted by Crippen LogP contribution is 2.29. The van der Waals surface area contributed by atoms with Gasteiger partial charge < -0.3 is 19.9 Å². The lowest BCUT2D eigenvalue weighted by molar-refractivity contribution is 0.0944. The van der Waals surface area contributed by atoms with E-state index < -0.39 is 5.91 Å². The lowest BCUT2D eigenvalue weighted by Crippen LogP contribution is -2.20. The average Bonchev–Trinajstić information content (AvgIpc) is 3.33. The van der Waals surface area contributed by atoms with Gasteiger partial charge in [0.25, 0.3) is 5.91 Å². The van der Waals surface area contributed by atoms with Crippen molar-refractivity contribution in [3.05, 3.63) is 35.2 Å². The summed E-state index contributed by atoms with van der Waals surface area (Å²) in [5.41, 5.74) is 8.93. The van der Waals surface area contributed by atoms with Crippen molar-refractivity contribution in [1.82, 2.24) is 30.7 Å². The first kappa shape index (κ1) is 19.8. The Labute approximate surface area is 164 Å².